The lowest BCUT2D eigenvalue weighted by Gasteiger charge is -2.16. The van der Waals surface area contributed by atoms with Crippen LogP contribution in [0.5, 0.6) is 11.5 Å². The van der Waals surface area contributed by atoms with Crippen molar-refractivity contribution in [3.8, 4) is 22.9 Å². The van der Waals surface area contributed by atoms with Crippen LogP contribution in [-0.4, -0.2) is 24.2 Å². The lowest BCUT2D eigenvalue weighted by atomic mass is 9.99. The van der Waals surface area contributed by atoms with Crippen LogP contribution in [0.15, 0.2) is 48.8 Å². The first-order chi connectivity index (χ1) is 19.2. The van der Waals surface area contributed by atoms with E-state index in [0.717, 1.165) is 55.0 Å². The molecule has 0 aliphatic rings. The Balaban J connectivity index is 1.40. The first-order valence-corrected chi connectivity index (χ1v) is 15.3. The average Bonchev–Trinajstić information content (AvgIpc) is 2.98. The Morgan fingerprint density at radius 2 is 0.897 bits per heavy atom. The van der Waals surface area contributed by atoms with E-state index in [1.807, 2.05) is 12.4 Å². The molecule has 2 heterocycles. The summed E-state index contributed by atoms with van der Waals surface area (Å²) in [5, 5.41) is 0. The number of aromatic nitrogens is 2. The minimum Gasteiger partial charge on any atom is -0.493 e. The van der Waals surface area contributed by atoms with Gasteiger partial charge in [0.1, 0.15) is 0 Å². The number of pyridine rings is 2. The number of ether oxygens (including phenoxy) is 2. The topological polar surface area (TPSA) is 44.2 Å². The molecule has 0 bridgehead atoms. The van der Waals surface area contributed by atoms with Gasteiger partial charge in [0.15, 0.2) is 11.5 Å². The summed E-state index contributed by atoms with van der Waals surface area (Å²) in [6.45, 7) is 4.49. The van der Waals surface area contributed by atoms with Gasteiger partial charge in [0.2, 0.25) is 0 Å². The molecule has 0 aliphatic carbocycles. The molecule has 0 fully saturated rings. The van der Waals surface area contributed by atoms with Crippen molar-refractivity contribution in [2.75, 3.05) is 14.2 Å². The zero-order chi connectivity index (χ0) is 27.7. The molecular weight excluding hydrogens is 480 g/mol. The van der Waals surface area contributed by atoms with Crippen molar-refractivity contribution in [1.82, 2.24) is 9.97 Å². The number of benzene rings is 1. The molecule has 0 spiro atoms. The summed E-state index contributed by atoms with van der Waals surface area (Å²) in [5.41, 5.74) is 7.06. The van der Waals surface area contributed by atoms with Gasteiger partial charge in [0.05, 0.1) is 25.6 Å². The van der Waals surface area contributed by atoms with Gasteiger partial charge in [-0.3, -0.25) is 9.97 Å². The zero-order valence-electron chi connectivity index (χ0n) is 24.9. The van der Waals surface area contributed by atoms with E-state index in [9.17, 15) is 0 Å². The predicted molar refractivity (Wildman–Crippen MR) is 164 cm³/mol. The molecule has 0 saturated carbocycles. The molecule has 3 rings (SSSR count). The fourth-order valence-corrected chi connectivity index (χ4v) is 5.25. The van der Waals surface area contributed by atoms with E-state index < -0.39 is 0 Å². The Kier molecular flexibility index (Phi) is 13.9. The number of hydrogen-bond donors (Lipinski definition) is 0. The van der Waals surface area contributed by atoms with Gasteiger partial charge in [-0.05, 0) is 85.8 Å². The number of hydrogen-bond acceptors (Lipinski definition) is 4. The largest absolute Gasteiger partial charge is 0.493 e. The Labute approximate surface area is 237 Å². The average molecular weight is 531 g/mol. The van der Waals surface area contributed by atoms with Gasteiger partial charge < -0.3 is 9.47 Å². The lowest BCUT2D eigenvalue weighted by Crippen LogP contribution is -2.01. The standard InChI is InChI=1S/C35H50N2O2/c1-5-7-9-13-16-28-20-24-32(36-26-28)33-25-21-29(27-37-33)17-14-10-11-15-19-31-23-22-30(18-12-8-6-2)34(38-3)35(31)39-4/h20-27H,5-19H2,1-4H3. The summed E-state index contributed by atoms with van der Waals surface area (Å²) in [5.74, 6) is 1.85. The van der Waals surface area contributed by atoms with Gasteiger partial charge in [-0.2, -0.15) is 0 Å². The van der Waals surface area contributed by atoms with Gasteiger partial charge >= 0.3 is 0 Å². The second kappa shape index (κ2) is 17.7. The molecule has 0 unspecified atom stereocenters. The summed E-state index contributed by atoms with van der Waals surface area (Å²) in [7, 11) is 3.52. The first-order valence-electron chi connectivity index (χ1n) is 15.3. The molecule has 0 saturated heterocycles. The highest BCUT2D eigenvalue weighted by Gasteiger charge is 2.14. The molecule has 3 aromatic rings. The van der Waals surface area contributed by atoms with Crippen LogP contribution in [0, 0.1) is 0 Å². The third-order valence-electron chi connectivity index (χ3n) is 7.63. The number of unbranched alkanes of at least 4 members (excludes halogenated alkanes) is 8. The molecule has 4 heteroatoms. The molecule has 4 nitrogen and oxygen atoms in total. The molecule has 39 heavy (non-hydrogen) atoms. The van der Waals surface area contributed by atoms with E-state index in [1.54, 1.807) is 14.2 Å². The predicted octanol–water partition coefficient (Wildman–Crippen LogP) is 9.36. The maximum atomic E-state index is 5.78. The van der Waals surface area contributed by atoms with E-state index in [0.29, 0.717) is 0 Å². The maximum Gasteiger partial charge on any atom is 0.164 e. The molecule has 0 N–H and O–H groups in total. The number of methoxy groups -OCH3 is 2. The second-order valence-electron chi connectivity index (χ2n) is 10.7. The van der Waals surface area contributed by atoms with Crippen LogP contribution >= 0.6 is 0 Å². The highest BCUT2D eigenvalue weighted by Crippen LogP contribution is 2.36. The van der Waals surface area contributed by atoms with Crippen molar-refractivity contribution in [3.05, 3.63) is 71.0 Å². The van der Waals surface area contributed by atoms with Crippen LogP contribution < -0.4 is 9.47 Å². The molecule has 0 atom stereocenters. The fourth-order valence-electron chi connectivity index (χ4n) is 5.25. The van der Waals surface area contributed by atoms with E-state index >= 15 is 0 Å². The molecule has 1 aromatic carbocycles. The Hall–Kier alpha value is -2.88. The van der Waals surface area contributed by atoms with Crippen LogP contribution in [0.2, 0.25) is 0 Å². The summed E-state index contributed by atoms with van der Waals surface area (Å²) in [6, 6.07) is 13.1. The van der Waals surface area contributed by atoms with Crippen LogP contribution in [0.25, 0.3) is 11.4 Å². The second-order valence-corrected chi connectivity index (χ2v) is 10.7. The third-order valence-corrected chi connectivity index (χ3v) is 7.63. The molecule has 0 aliphatic heterocycles. The quantitative estimate of drug-likeness (QED) is 0.145. The van der Waals surface area contributed by atoms with Crippen molar-refractivity contribution in [2.24, 2.45) is 0 Å². The summed E-state index contributed by atoms with van der Waals surface area (Å²) >= 11 is 0. The Bertz CT molecular complexity index is 1080. The molecular formula is C35H50N2O2. The van der Waals surface area contributed by atoms with Gasteiger partial charge in [-0.15, -0.1) is 0 Å². The Morgan fingerprint density at radius 1 is 0.487 bits per heavy atom. The molecule has 2 aromatic heterocycles. The minimum atomic E-state index is 0.925. The maximum absolute atomic E-state index is 5.78. The summed E-state index contributed by atoms with van der Waals surface area (Å²) in [4.78, 5) is 9.36. The summed E-state index contributed by atoms with van der Waals surface area (Å²) < 4.78 is 11.5. The van der Waals surface area contributed by atoms with E-state index in [4.69, 9.17) is 14.5 Å². The first kappa shape index (κ1) is 30.7. The highest BCUT2D eigenvalue weighted by molar-refractivity contribution is 5.54. The van der Waals surface area contributed by atoms with E-state index in [-0.39, 0.29) is 0 Å². The van der Waals surface area contributed by atoms with Gasteiger partial charge in [-0.1, -0.05) is 83.1 Å². The van der Waals surface area contributed by atoms with Gasteiger partial charge in [0, 0.05) is 12.4 Å². The highest BCUT2D eigenvalue weighted by atomic mass is 16.5. The smallest absolute Gasteiger partial charge is 0.164 e. The van der Waals surface area contributed by atoms with Crippen LogP contribution in [0.4, 0.5) is 0 Å². The number of rotatable bonds is 19. The third kappa shape index (κ3) is 9.98. The molecule has 0 amide bonds. The van der Waals surface area contributed by atoms with Crippen molar-refractivity contribution >= 4 is 0 Å². The van der Waals surface area contributed by atoms with Crippen molar-refractivity contribution in [3.63, 3.8) is 0 Å². The SMILES string of the molecule is CCCCCCc1ccc(-c2ccc(CCCCCCc3ccc(CCCCC)c(OC)c3OC)cn2)nc1. The van der Waals surface area contributed by atoms with E-state index in [2.05, 4.69) is 55.2 Å². The van der Waals surface area contributed by atoms with Gasteiger partial charge in [0.25, 0.3) is 0 Å². The normalized spacial score (nSPS) is 11.1. The minimum absolute atomic E-state index is 0.925. The van der Waals surface area contributed by atoms with E-state index in [1.165, 1.54) is 86.5 Å². The monoisotopic (exact) mass is 530 g/mol. The van der Waals surface area contributed by atoms with Crippen LogP contribution in [-0.2, 0) is 25.7 Å². The fraction of sp³-hybridized carbons (Fsp3) is 0.543. The zero-order valence-corrected chi connectivity index (χ0v) is 24.9. The van der Waals surface area contributed by atoms with Crippen LogP contribution in [0.1, 0.15) is 107 Å². The van der Waals surface area contributed by atoms with Crippen LogP contribution in [0.3, 0.4) is 0 Å². The number of aryl methyl sites for hydroxylation is 4. The van der Waals surface area contributed by atoms with Crippen molar-refractivity contribution in [1.29, 1.82) is 0 Å². The lowest BCUT2D eigenvalue weighted by molar-refractivity contribution is 0.347. The molecule has 212 valence electrons. The van der Waals surface area contributed by atoms with Crippen molar-refractivity contribution in [2.45, 2.75) is 110 Å². The molecule has 0 radical (unpaired) electrons. The number of nitrogens with zero attached hydrogens (tertiary/aromatic N) is 2. The van der Waals surface area contributed by atoms with Gasteiger partial charge in [-0.25, -0.2) is 0 Å². The Morgan fingerprint density at radius 3 is 1.31 bits per heavy atom. The van der Waals surface area contributed by atoms with Crippen molar-refractivity contribution < 1.29 is 9.47 Å². The summed E-state index contributed by atoms with van der Waals surface area (Å²) in [6.07, 6.45) is 21.9.